The molecule has 3 N–H and O–H groups in total. The smallest absolute Gasteiger partial charge is 0.0544 e. The van der Waals surface area contributed by atoms with E-state index in [1.807, 2.05) is 13.0 Å². The summed E-state index contributed by atoms with van der Waals surface area (Å²) in [7, 11) is 0. The van der Waals surface area contributed by atoms with E-state index in [2.05, 4.69) is 22.4 Å². The van der Waals surface area contributed by atoms with Crippen LogP contribution in [0.1, 0.15) is 37.1 Å². The largest absolute Gasteiger partial charge is 0.328 e. The van der Waals surface area contributed by atoms with Gasteiger partial charge in [-0.2, -0.15) is 0 Å². The molecule has 1 saturated carbocycles. The molecule has 88 valence electrons. The van der Waals surface area contributed by atoms with Crippen LogP contribution in [-0.4, -0.2) is 17.1 Å². The molecule has 0 aromatic carbocycles. The van der Waals surface area contributed by atoms with Crippen molar-refractivity contribution in [2.24, 2.45) is 5.73 Å². The summed E-state index contributed by atoms with van der Waals surface area (Å²) in [6.07, 6.45) is 4.78. The molecule has 0 spiro atoms. The van der Waals surface area contributed by atoms with Crippen molar-refractivity contribution in [1.29, 1.82) is 0 Å². The van der Waals surface area contributed by atoms with Crippen molar-refractivity contribution in [3.8, 4) is 0 Å². The van der Waals surface area contributed by atoms with Crippen molar-refractivity contribution in [2.45, 2.75) is 51.2 Å². The first-order valence-electron chi connectivity index (χ1n) is 6.15. The second kappa shape index (κ2) is 5.41. The highest BCUT2D eigenvalue weighted by Crippen LogP contribution is 2.17. The molecule has 1 aliphatic rings. The number of nitrogens with one attached hydrogen (secondary N) is 1. The van der Waals surface area contributed by atoms with E-state index < -0.39 is 0 Å². The molecule has 0 bridgehead atoms. The van der Waals surface area contributed by atoms with Gasteiger partial charge in [-0.15, -0.1) is 0 Å². The minimum absolute atomic E-state index is 0.386. The van der Waals surface area contributed by atoms with E-state index in [0.29, 0.717) is 12.1 Å². The molecule has 0 radical (unpaired) electrons. The molecule has 0 aliphatic heterocycles. The molecule has 1 aromatic rings. The standard InChI is InChI=1S/C13H21N3/c1-10-4-2-7-13(16-10)9-15-12-6-3-5-11(14)8-12/h2,4,7,11-12,15H,3,5-6,8-9,14H2,1H3. The van der Waals surface area contributed by atoms with Gasteiger partial charge in [-0.3, -0.25) is 4.98 Å². The van der Waals surface area contributed by atoms with Gasteiger partial charge in [-0.05, 0) is 38.3 Å². The van der Waals surface area contributed by atoms with Crippen molar-refractivity contribution in [3.63, 3.8) is 0 Å². The van der Waals surface area contributed by atoms with Crippen LogP contribution < -0.4 is 11.1 Å². The van der Waals surface area contributed by atoms with Crippen molar-refractivity contribution in [3.05, 3.63) is 29.6 Å². The summed E-state index contributed by atoms with van der Waals surface area (Å²) < 4.78 is 0. The number of nitrogens with zero attached hydrogens (tertiary/aromatic N) is 1. The summed E-state index contributed by atoms with van der Waals surface area (Å²) >= 11 is 0. The molecule has 0 saturated heterocycles. The number of aromatic nitrogens is 1. The molecule has 1 aliphatic carbocycles. The van der Waals surface area contributed by atoms with Gasteiger partial charge in [0.1, 0.15) is 0 Å². The normalized spacial score (nSPS) is 25.6. The molecule has 3 nitrogen and oxygen atoms in total. The van der Waals surface area contributed by atoms with Gasteiger partial charge in [-0.25, -0.2) is 0 Å². The number of nitrogens with two attached hydrogens (primary N) is 1. The summed E-state index contributed by atoms with van der Waals surface area (Å²) in [6.45, 7) is 2.89. The van der Waals surface area contributed by atoms with Gasteiger partial charge in [0.15, 0.2) is 0 Å². The van der Waals surface area contributed by atoms with Crippen LogP contribution in [0.25, 0.3) is 0 Å². The van der Waals surface area contributed by atoms with Gasteiger partial charge in [0.25, 0.3) is 0 Å². The Morgan fingerprint density at radius 2 is 2.31 bits per heavy atom. The fourth-order valence-corrected chi connectivity index (χ4v) is 2.36. The number of rotatable bonds is 3. The first-order valence-corrected chi connectivity index (χ1v) is 6.15. The summed E-state index contributed by atoms with van der Waals surface area (Å²) in [5, 5.41) is 3.55. The van der Waals surface area contributed by atoms with Crippen LogP contribution in [0.5, 0.6) is 0 Å². The molecule has 1 fully saturated rings. The van der Waals surface area contributed by atoms with Crippen molar-refractivity contribution >= 4 is 0 Å². The summed E-state index contributed by atoms with van der Waals surface area (Å²) in [5.74, 6) is 0. The highest BCUT2D eigenvalue weighted by molar-refractivity contribution is 5.09. The monoisotopic (exact) mass is 219 g/mol. The minimum Gasteiger partial charge on any atom is -0.328 e. The average molecular weight is 219 g/mol. The lowest BCUT2D eigenvalue weighted by Gasteiger charge is -2.27. The van der Waals surface area contributed by atoms with E-state index in [-0.39, 0.29) is 0 Å². The maximum Gasteiger partial charge on any atom is 0.0544 e. The molecule has 0 amide bonds. The molecule has 16 heavy (non-hydrogen) atoms. The topological polar surface area (TPSA) is 50.9 Å². The van der Waals surface area contributed by atoms with E-state index in [0.717, 1.165) is 24.4 Å². The Kier molecular flexibility index (Phi) is 3.91. The van der Waals surface area contributed by atoms with Gasteiger partial charge < -0.3 is 11.1 Å². The molecule has 2 unspecified atom stereocenters. The third-order valence-electron chi connectivity index (χ3n) is 3.23. The van der Waals surface area contributed by atoms with Crippen LogP contribution in [0.4, 0.5) is 0 Å². The van der Waals surface area contributed by atoms with Crippen molar-refractivity contribution in [2.75, 3.05) is 0 Å². The number of hydrogen-bond acceptors (Lipinski definition) is 3. The highest BCUT2D eigenvalue weighted by Gasteiger charge is 2.18. The lowest BCUT2D eigenvalue weighted by molar-refractivity contribution is 0.337. The Hall–Kier alpha value is -0.930. The zero-order valence-corrected chi connectivity index (χ0v) is 9.95. The maximum atomic E-state index is 5.96. The maximum absolute atomic E-state index is 5.96. The van der Waals surface area contributed by atoms with Gasteiger partial charge in [0.2, 0.25) is 0 Å². The predicted octanol–water partition coefficient (Wildman–Crippen LogP) is 1.75. The van der Waals surface area contributed by atoms with E-state index in [1.54, 1.807) is 0 Å². The Morgan fingerprint density at radius 1 is 1.44 bits per heavy atom. The average Bonchev–Trinajstić information content (AvgIpc) is 2.27. The number of pyridine rings is 1. The summed E-state index contributed by atoms with van der Waals surface area (Å²) in [6, 6.07) is 7.12. The number of hydrogen-bond donors (Lipinski definition) is 2. The van der Waals surface area contributed by atoms with Gasteiger partial charge in [0, 0.05) is 24.3 Å². The first-order chi connectivity index (χ1) is 7.74. The second-order valence-corrected chi connectivity index (χ2v) is 4.77. The van der Waals surface area contributed by atoms with Crippen LogP contribution in [0.2, 0.25) is 0 Å². The van der Waals surface area contributed by atoms with Crippen LogP contribution >= 0.6 is 0 Å². The Labute approximate surface area is 97.5 Å². The molecular weight excluding hydrogens is 198 g/mol. The van der Waals surface area contributed by atoms with Crippen LogP contribution in [0.3, 0.4) is 0 Å². The summed E-state index contributed by atoms with van der Waals surface area (Å²) in [5.41, 5.74) is 8.17. The zero-order chi connectivity index (χ0) is 11.4. The molecule has 1 aromatic heterocycles. The fourth-order valence-electron chi connectivity index (χ4n) is 2.36. The van der Waals surface area contributed by atoms with Crippen LogP contribution in [0.15, 0.2) is 18.2 Å². The SMILES string of the molecule is Cc1cccc(CNC2CCCC(N)C2)n1. The predicted molar refractivity (Wildman–Crippen MR) is 66.0 cm³/mol. The Bertz CT molecular complexity index is 338. The van der Waals surface area contributed by atoms with Crippen LogP contribution in [-0.2, 0) is 6.54 Å². The van der Waals surface area contributed by atoms with Gasteiger partial charge in [0.05, 0.1) is 5.69 Å². The lowest BCUT2D eigenvalue weighted by Crippen LogP contribution is -2.39. The first kappa shape index (κ1) is 11.6. The summed E-state index contributed by atoms with van der Waals surface area (Å²) in [4.78, 5) is 4.48. The molecule has 2 rings (SSSR count). The van der Waals surface area contributed by atoms with Crippen molar-refractivity contribution < 1.29 is 0 Å². The Balaban J connectivity index is 1.82. The third-order valence-corrected chi connectivity index (χ3v) is 3.23. The Morgan fingerprint density at radius 3 is 3.06 bits per heavy atom. The highest BCUT2D eigenvalue weighted by atomic mass is 14.9. The minimum atomic E-state index is 0.386. The third kappa shape index (κ3) is 3.29. The molecular formula is C13H21N3. The quantitative estimate of drug-likeness (QED) is 0.814. The van der Waals surface area contributed by atoms with E-state index in [9.17, 15) is 0 Å². The molecule has 2 atom stereocenters. The van der Waals surface area contributed by atoms with E-state index in [4.69, 9.17) is 5.73 Å². The van der Waals surface area contributed by atoms with E-state index >= 15 is 0 Å². The van der Waals surface area contributed by atoms with Crippen LogP contribution in [0, 0.1) is 6.92 Å². The zero-order valence-electron chi connectivity index (χ0n) is 9.95. The second-order valence-electron chi connectivity index (χ2n) is 4.77. The number of aryl methyl sites for hydroxylation is 1. The van der Waals surface area contributed by atoms with Gasteiger partial charge in [-0.1, -0.05) is 12.5 Å². The van der Waals surface area contributed by atoms with Crippen molar-refractivity contribution in [1.82, 2.24) is 10.3 Å². The lowest BCUT2D eigenvalue weighted by atomic mass is 9.91. The fraction of sp³-hybridized carbons (Fsp3) is 0.615. The van der Waals surface area contributed by atoms with Gasteiger partial charge >= 0.3 is 0 Å². The molecule has 1 heterocycles. The van der Waals surface area contributed by atoms with E-state index in [1.165, 1.54) is 19.3 Å². The molecule has 3 heteroatoms.